The van der Waals surface area contributed by atoms with Crippen LogP contribution in [0.2, 0.25) is 0 Å². The third-order valence-electron chi connectivity index (χ3n) is 3.36. The molecule has 0 fully saturated rings. The van der Waals surface area contributed by atoms with Gasteiger partial charge in [-0.25, -0.2) is 0 Å². The standard InChI is InChI=1S/C14H6F3N3O7/c15-14(16,17)13(21)18-11-7(20(24)25)2-4-9-12(11)27-8-3-1-6(19(22)23)5-10(8)26-9/h1-5H,(H,18,21). The number of hydrogen-bond acceptors (Lipinski definition) is 7. The van der Waals surface area contributed by atoms with Crippen molar-refractivity contribution in [2.45, 2.75) is 6.18 Å². The predicted octanol–water partition coefficient (Wildman–Crippen LogP) is 3.90. The van der Waals surface area contributed by atoms with E-state index in [0.717, 1.165) is 30.3 Å². The number of carbonyl (C=O) groups excluding carboxylic acids is 1. The minimum atomic E-state index is -5.30. The quantitative estimate of drug-likeness (QED) is 0.534. The average molecular weight is 385 g/mol. The maximum absolute atomic E-state index is 12.5. The van der Waals surface area contributed by atoms with Crippen molar-refractivity contribution >= 4 is 23.0 Å². The number of fused-ring (bicyclic) bond motifs is 2. The number of nitro benzene ring substituents is 2. The minimum Gasteiger partial charge on any atom is -0.449 e. The zero-order valence-corrected chi connectivity index (χ0v) is 12.8. The van der Waals surface area contributed by atoms with E-state index in [0.29, 0.717) is 0 Å². The van der Waals surface area contributed by atoms with Gasteiger partial charge in [0, 0.05) is 12.1 Å². The van der Waals surface area contributed by atoms with E-state index in [9.17, 15) is 38.2 Å². The van der Waals surface area contributed by atoms with Gasteiger partial charge in [-0.05, 0) is 12.1 Å². The van der Waals surface area contributed by atoms with Crippen LogP contribution in [0.1, 0.15) is 0 Å². The Bertz CT molecular complexity index is 991. The Labute approximate surface area is 146 Å². The lowest BCUT2D eigenvalue weighted by Crippen LogP contribution is -2.30. The molecule has 140 valence electrons. The largest absolute Gasteiger partial charge is 0.471 e. The number of anilines is 1. The van der Waals surface area contributed by atoms with Crippen LogP contribution in [0.25, 0.3) is 0 Å². The number of carbonyl (C=O) groups is 1. The zero-order chi connectivity index (χ0) is 19.9. The van der Waals surface area contributed by atoms with E-state index in [2.05, 4.69) is 0 Å². The summed E-state index contributed by atoms with van der Waals surface area (Å²) >= 11 is 0. The van der Waals surface area contributed by atoms with Gasteiger partial charge in [0.1, 0.15) is 0 Å². The third-order valence-corrected chi connectivity index (χ3v) is 3.36. The summed E-state index contributed by atoms with van der Waals surface area (Å²) < 4.78 is 48.3. The molecule has 13 heteroatoms. The lowest BCUT2D eigenvalue weighted by Gasteiger charge is -2.22. The van der Waals surface area contributed by atoms with Crippen molar-refractivity contribution < 1.29 is 37.3 Å². The highest BCUT2D eigenvalue weighted by Gasteiger charge is 2.41. The topological polar surface area (TPSA) is 134 Å². The summed E-state index contributed by atoms with van der Waals surface area (Å²) in [7, 11) is 0. The Balaban J connectivity index is 2.08. The number of nitrogens with one attached hydrogen (secondary N) is 1. The Morgan fingerprint density at radius 3 is 2.22 bits per heavy atom. The lowest BCUT2D eigenvalue weighted by atomic mass is 10.2. The Kier molecular flexibility index (Phi) is 4.06. The molecule has 1 N–H and O–H groups in total. The molecule has 27 heavy (non-hydrogen) atoms. The first-order chi connectivity index (χ1) is 12.6. The fourth-order valence-electron chi connectivity index (χ4n) is 2.20. The molecule has 0 saturated heterocycles. The van der Waals surface area contributed by atoms with E-state index >= 15 is 0 Å². The smallest absolute Gasteiger partial charge is 0.449 e. The number of nitro groups is 2. The molecular formula is C14H6F3N3O7. The molecule has 1 aliphatic rings. The first-order valence-electron chi connectivity index (χ1n) is 6.91. The van der Waals surface area contributed by atoms with Crippen molar-refractivity contribution in [1.82, 2.24) is 0 Å². The van der Waals surface area contributed by atoms with Crippen LogP contribution >= 0.6 is 0 Å². The number of hydrogen-bond donors (Lipinski definition) is 1. The van der Waals surface area contributed by atoms with Crippen molar-refractivity contribution in [3.8, 4) is 23.0 Å². The van der Waals surface area contributed by atoms with Crippen LogP contribution in [0.4, 0.5) is 30.2 Å². The SMILES string of the molecule is O=C(Nc1c([N+](=O)[O-])ccc2c1Oc1ccc([N+](=O)[O-])cc1O2)C(F)(F)F. The molecule has 3 rings (SSSR count). The highest BCUT2D eigenvalue weighted by Crippen LogP contribution is 2.52. The molecule has 2 aromatic carbocycles. The molecule has 0 aromatic heterocycles. The molecule has 0 saturated carbocycles. The molecule has 0 atom stereocenters. The molecule has 0 spiro atoms. The van der Waals surface area contributed by atoms with Crippen molar-refractivity contribution in [3.63, 3.8) is 0 Å². The predicted molar refractivity (Wildman–Crippen MR) is 81.0 cm³/mol. The van der Waals surface area contributed by atoms with Crippen LogP contribution < -0.4 is 14.8 Å². The van der Waals surface area contributed by atoms with E-state index in [-0.39, 0.29) is 22.9 Å². The maximum Gasteiger partial charge on any atom is 0.471 e. The Morgan fingerprint density at radius 2 is 1.63 bits per heavy atom. The van der Waals surface area contributed by atoms with Crippen LogP contribution in [0.5, 0.6) is 23.0 Å². The molecule has 10 nitrogen and oxygen atoms in total. The summed E-state index contributed by atoms with van der Waals surface area (Å²) in [6.07, 6.45) is -5.30. The van der Waals surface area contributed by atoms with Crippen molar-refractivity contribution in [2.24, 2.45) is 0 Å². The van der Waals surface area contributed by atoms with E-state index in [1.54, 1.807) is 0 Å². The Morgan fingerprint density at radius 1 is 0.963 bits per heavy atom. The summed E-state index contributed by atoms with van der Waals surface area (Å²) in [5.41, 5.74) is -2.06. The van der Waals surface area contributed by atoms with E-state index in [1.807, 2.05) is 0 Å². The average Bonchev–Trinajstić information content (AvgIpc) is 2.58. The van der Waals surface area contributed by atoms with Crippen LogP contribution in [0, 0.1) is 20.2 Å². The fourth-order valence-corrected chi connectivity index (χ4v) is 2.20. The van der Waals surface area contributed by atoms with Crippen LogP contribution in [0.3, 0.4) is 0 Å². The fraction of sp³-hybridized carbons (Fsp3) is 0.0714. The second-order valence-corrected chi connectivity index (χ2v) is 5.09. The van der Waals surface area contributed by atoms with Gasteiger partial charge in [-0.1, -0.05) is 0 Å². The number of rotatable bonds is 3. The van der Waals surface area contributed by atoms with Gasteiger partial charge in [-0.15, -0.1) is 0 Å². The number of halogens is 3. The third kappa shape index (κ3) is 3.29. The number of amides is 1. The first-order valence-corrected chi connectivity index (χ1v) is 6.91. The molecule has 1 amide bonds. The molecule has 1 aliphatic heterocycles. The van der Waals surface area contributed by atoms with Crippen LogP contribution in [-0.4, -0.2) is 21.9 Å². The monoisotopic (exact) mass is 385 g/mol. The number of ether oxygens (including phenoxy) is 2. The van der Waals surface area contributed by atoms with E-state index in [1.165, 1.54) is 5.32 Å². The molecule has 0 bridgehead atoms. The highest BCUT2D eigenvalue weighted by molar-refractivity contribution is 5.99. The summed E-state index contributed by atoms with van der Waals surface area (Å²) in [4.78, 5) is 31.4. The Hall–Kier alpha value is -3.90. The molecule has 0 aliphatic carbocycles. The summed E-state index contributed by atoms with van der Waals surface area (Å²) in [5.74, 6) is -3.53. The molecular weight excluding hydrogens is 379 g/mol. The normalized spacial score (nSPS) is 12.1. The summed E-state index contributed by atoms with van der Waals surface area (Å²) in [6.45, 7) is 0. The van der Waals surface area contributed by atoms with Gasteiger partial charge in [0.05, 0.1) is 15.9 Å². The van der Waals surface area contributed by atoms with Crippen molar-refractivity contribution in [1.29, 1.82) is 0 Å². The van der Waals surface area contributed by atoms with Crippen molar-refractivity contribution in [2.75, 3.05) is 5.32 Å². The maximum atomic E-state index is 12.5. The second-order valence-electron chi connectivity index (χ2n) is 5.09. The van der Waals surface area contributed by atoms with Crippen LogP contribution in [0.15, 0.2) is 30.3 Å². The first kappa shape index (κ1) is 17.9. The molecule has 1 heterocycles. The van der Waals surface area contributed by atoms with Gasteiger partial charge >= 0.3 is 12.1 Å². The zero-order valence-electron chi connectivity index (χ0n) is 12.8. The van der Waals surface area contributed by atoms with E-state index < -0.39 is 39.1 Å². The van der Waals surface area contributed by atoms with Crippen molar-refractivity contribution in [3.05, 3.63) is 50.6 Å². The van der Waals surface area contributed by atoms with Crippen LogP contribution in [-0.2, 0) is 4.79 Å². The molecule has 2 aromatic rings. The van der Waals surface area contributed by atoms with Gasteiger partial charge in [0.15, 0.2) is 22.9 Å². The van der Waals surface area contributed by atoms with Gasteiger partial charge < -0.3 is 14.8 Å². The summed E-state index contributed by atoms with van der Waals surface area (Å²) in [5, 5.41) is 23.3. The van der Waals surface area contributed by atoms with Gasteiger partial charge in [0.25, 0.3) is 11.4 Å². The molecule has 0 unspecified atom stereocenters. The second kappa shape index (κ2) is 6.12. The van der Waals surface area contributed by atoms with Gasteiger partial charge in [0.2, 0.25) is 5.75 Å². The van der Waals surface area contributed by atoms with Gasteiger partial charge in [-0.3, -0.25) is 25.0 Å². The lowest BCUT2D eigenvalue weighted by molar-refractivity contribution is -0.385. The minimum absolute atomic E-state index is 0.126. The summed E-state index contributed by atoms with van der Waals surface area (Å²) in [6, 6.07) is 4.98. The van der Waals surface area contributed by atoms with Gasteiger partial charge in [-0.2, -0.15) is 13.2 Å². The number of nitrogens with zero attached hydrogens (tertiary/aromatic N) is 2. The molecule has 0 radical (unpaired) electrons. The highest BCUT2D eigenvalue weighted by atomic mass is 19.4. The number of alkyl halides is 3. The van der Waals surface area contributed by atoms with E-state index in [4.69, 9.17) is 9.47 Å². The number of benzene rings is 2. The number of non-ortho nitro benzene ring substituents is 1.